The van der Waals surface area contributed by atoms with E-state index in [-0.39, 0.29) is 22.0 Å². The SMILES string of the molecule is Cc1ccc(N=Nc2cc(C)c(N=Nc3cc(C)c(N=Nc4c(SOOO)cc5cc(Nc6ccccc6)ccc5c4O)cc3C)cc2C)c(S(=O)(=O)O)c1. The van der Waals surface area contributed by atoms with E-state index in [2.05, 4.69) is 41.0 Å². The molecule has 6 aromatic rings. The van der Waals surface area contributed by atoms with Gasteiger partial charge in [0.15, 0.2) is 5.75 Å². The molecule has 0 spiro atoms. The third kappa shape index (κ3) is 9.26. The number of nitrogens with zero attached hydrogens (tertiary/aromatic N) is 6. The molecule has 6 rings (SSSR count). The highest BCUT2D eigenvalue weighted by Gasteiger charge is 2.18. The molecule has 0 aliphatic rings. The lowest BCUT2D eigenvalue weighted by Crippen LogP contribution is -1.98. The Balaban J connectivity index is 1.24. The first-order valence-corrected chi connectivity index (χ1v) is 18.8. The van der Waals surface area contributed by atoms with E-state index in [1.165, 1.54) is 12.1 Å². The van der Waals surface area contributed by atoms with Crippen molar-refractivity contribution in [2.24, 2.45) is 30.7 Å². The largest absolute Gasteiger partial charge is 0.505 e. The maximum absolute atomic E-state index is 11.9. The summed E-state index contributed by atoms with van der Waals surface area (Å²) in [6, 6.07) is 28.6. The van der Waals surface area contributed by atoms with Crippen LogP contribution in [0.3, 0.4) is 0 Å². The average Bonchev–Trinajstić information content (AvgIpc) is 3.15. The van der Waals surface area contributed by atoms with Gasteiger partial charge in [0.25, 0.3) is 10.1 Å². The van der Waals surface area contributed by atoms with Gasteiger partial charge in [-0.3, -0.25) is 4.55 Å². The number of hydrogen-bond donors (Lipinski definition) is 4. The number of aromatic hydroxyl groups is 1. The van der Waals surface area contributed by atoms with Crippen molar-refractivity contribution in [1.29, 1.82) is 0 Å². The number of para-hydroxylation sites is 1. The van der Waals surface area contributed by atoms with Gasteiger partial charge < -0.3 is 10.4 Å². The van der Waals surface area contributed by atoms with E-state index in [0.717, 1.165) is 33.6 Å². The number of azo groups is 3. The van der Waals surface area contributed by atoms with E-state index in [9.17, 15) is 18.1 Å². The van der Waals surface area contributed by atoms with Gasteiger partial charge in [-0.2, -0.15) is 28.9 Å². The second-order valence-corrected chi connectivity index (χ2v) is 14.8. The third-order valence-electron chi connectivity index (χ3n) is 8.48. The molecule has 16 heteroatoms. The second kappa shape index (κ2) is 16.6. The number of fused-ring (bicyclic) bond motifs is 1. The summed E-state index contributed by atoms with van der Waals surface area (Å²) < 4.78 is 38.1. The molecular weight excluding hydrogens is 743 g/mol. The minimum absolute atomic E-state index is 0.0208. The Bertz CT molecular complexity index is 2620. The van der Waals surface area contributed by atoms with Crippen LogP contribution in [0, 0.1) is 34.6 Å². The summed E-state index contributed by atoms with van der Waals surface area (Å²) in [6.45, 7) is 9.09. The maximum atomic E-state index is 11.9. The van der Waals surface area contributed by atoms with Gasteiger partial charge in [-0.15, -0.1) is 14.6 Å². The second-order valence-electron chi connectivity index (χ2n) is 12.6. The van der Waals surface area contributed by atoms with Gasteiger partial charge in [-0.05, 0) is 141 Å². The molecule has 0 atom stereocenters. The van der Waals surface area contributed by atoms with Crippen molar-refractivity contribution in [2.45, 2.75) is 44.4 Å². The Hall–Kier alpha value is -5.88. The van der Waals surface area contributed by atoms with Crippen molar-refractivity contribution in [1.82, 2.24) is 0 Å². The van der Waals surface area contributed by atoms with Crippen molar-refractivity contribution in [2.75, 3.05) is 5.32 Å². The molecule has 0 radical (unpaired) electrons. The van der Waals surface area contributed by atoms with E-state index in [1.807, 2.05) is 76.2 Å². The van der Waals surface area contributed by atoms with Gasteiger partial charge in [0, 0.05) is 16.8 Å². The Morgan fingerprint density at radius 2 is 1.16 bits per heavy atom. The molecule has 14 nitrogen and oxygen atoms in total. The number of rotatable bonds is 12. The van der Waals surface area contributed by atoms with Crippen LogP contribution in [0.15, 0.2) is 138 Å². The Labute approximate surface area is 321 Å². The summed E-state index contributed by atoms with van der Waals surface area (Å²) in [5.41, 5.74) is 7.71. The molecule has 0 aliphatic carbocycles. The number of phenols is 1. The Kier molecular flexibility index (Phi) is 11.8. The minimum atomic E-state index is -4.49. The van der Waals surface area contributed by atoms with Crippen LogP contribution in [-0.2, 0) is 19.5 Å². The highest BCUT2D eigenvalue weighted by atomic mass is 32.2. The van der Waals surface area contributed by atoms with E-state index < -0.39 is 10.1 Å². The molecule has 0 amide bonds. The smallest absolute Gasteiger partial charge is 0.296 e. The number of nitrogens with one attached hydrogen (secondary N) is 1. The fourth-order valence-corrected chi connectivity index (χ4v) is 6.77. The average molecular weight is 778 g/mol. The molecule has 0 bridgehead atoms. The number of benzene rings is 6. The van der Waals surface area contributed by atoms with Gasteiger partial charge in [0.1, 0.15) is 16.3 Å². The quantitative estimate of drug-likeness (QED) is 0.0307. The van der Waals surface area contributed by atoms with E-state index in [0.29, 0.717) is 56.0 Å². The molecule has 4 N–H and O–H groups in total. The Morgan fingerprint density at radius 3 is 1.71 bits per heavy atom. The van der Waals surface area contributed by atoms with Gasteiger partial charge in [-0.1, -0.05) is 29.3 Å². The van der Waals surface area contributed by atoms with E-state index in [1.54, 1.807) is 43.3 Å². The zero-order valence-corrected chi connectivity index (χ0v) is 31.8. The molecule has 0 saturated carbocycles. The molecule has 280 valence electrons. The summed E-state index contributed by atoms with van der Waals surface area (Å²) in [4.78, 5) is 0.0227. The zero-order chi connectivity index (χ0) is 39.3. The molecule has 0 aliphatic heterocycles. The zero-order valence-electron chi connectivity index (χ0n) is 30.2. The molecule has 0 saturated heterocycles. The fourth-order valence-electron chi connectivity index (χ4n) is 5.56. The van der Waals surface area contributed by atoms with Crippen molar-refractivity contribution >= 4 is 78.4 Å². The Morgan fingerprint density at radius 1 is 0.618 bits per heavy atom. The summed E-state index contributed by atoms with van der Waals surface area (Å²) in [5.74, 6) is -0.132. The standard InChI is InChI=1S/C39H35N7O7S2/c1-22-11-14-31(37(15-22)55(49,50)51)41-42-32-16-24(3)33(17-23(32)2)43-44-34-18-26(5)35(19-25(34)4)45-46-38-36(54-53-52-48)21-27-20-29(12-13-30(27)39(38)47)40-28-9-7-6-8-10-28/h6-21,40,47-48H,1-5H3,(H,49,50,51). The monoisotopic (exact) mass is 777 g/mol. The number of phenolic OH excluding ortho intramolecular Hbond substituents is 1. The lowest BCUT2D eigenvalue weighted by Gasteiger charge is -2.12. The van der Waals surface area contributed by atoms with Crippen LogP contribution in [0.25, 0.3) is 10.8 Å². The van der Waals surface area contributed by atoms with Crippen LogP contribution in [0.5, 0.6) is 5.75 Å². The van der Waals surface area contributed by atoms with Crippen molar-refractivity contribution in [3.63, 3.8) is 0 Å². The van der Waals surface area contributed by atoms with Crippen molar-refractivity contribution < 1.29 is 32.7 Å². The van der Waals surface area contributed by atoms with E-state index >= 15 is 0 Å². The minimum Gasteiger partial charge on any atom is -0.505 e. The van der Waals surface area contributed by atoms with Gasteiger partial charge >= 0.3 is 0 Å². The van der Waals surface area contributed by atoms with Crippen molar-refractivity contribution in [3.05, 3.63) is 125 Å². The molecule has 55 heavy (non-hydrogen) atoms. The van der Waals surface area contributed by atoms with Crippen molar-refractivity contribution in [3.8, 4) is 5.75 Å². The lowest BCUT2D eigenvalue weighted by molar-refractivity contribution is -0.432. The van der Waals surface area contributed by atoms with Gasteiger partial charge in [-0.25, -0.2) is 5.26 Å². The van der Waals surface area contributed by atoms with Gasteiger partial charge in [0.05, 0.1) is 39.7 Å². The van der Waals surface area contributed by atoms with Crippen LogP contribution in [0.2, 0.25) is 0 Å². The first-order valence-electron chi connectivity index (χ1n) is 16.6. The van der Waals surface area contributed by atoms with Crippen LogP contribution < -0.4 is 5.32 Å². The molecule has 0 fully saturated rings. The highest BCUT2D eigenvalue weighted by Crippen LogP contribution is 2.45. The molecule has 6 aromatic carbocycles. The molecule has 0 unspecified atom stereocenters. The number of anilines is 2. The number of aryl methyl sites for hydroxylation is 5. The normalized spacial score (nSPS) is 12.1. The molecule has 0 aromatic heterocycles. The van der Waals surface area contributed by atoms with Crippen LogP contribution in [-0.4, -0.2) is 23.3 Å². The topological polar surface area (TPSA) is 199 Å². The maximum Gasteiger partial charge on any atom is 0.296 e. The predicted molar refractivity (Wildman–Crippen MR) is 211 cm³/mol. The summed E-state index contributed by atoms with van der Waals surface area (Å²) in [7, 11) is -4.49. The van der Waals surface area contributed by atoms with Crippen LogP contribution >= 0.6 is 12.0 Å². The first kappa shape index (κ1) is 38.8. The highest BCUT2D eigenvalue weighted by molar-refractivity contribution is 7.94. The van der Waals surface area contributed by atoms with Crippen LogP contribution in [0.1, 0.15) is 27.8 Å². The molecule has 0 heterocycles. The predicted octanol–water partition coefficient (Wildman–Crippen LogP) is 12.8. The fraction of sp³-hybridized carbons (Fsp3) is 0.128. The molecular formula is C39H35N7O7S2. The van der Waals surface area contributed by atoms with E-state index in [4.69, 9.17) is 9.59 Å². The lowest BCUT2D eigenvalue weighted by atomic mass is 10.1. The summed E-state index contributed by atoms with van der Waals surface area (Å²) >= 11 is 0.666. The van der Waals surface area contributed by atoms with Crippen LogP contribution in [0.4, 0.5) is 45.5 Å². The summed E-state index contributed by atoms with van der Waals surface area (Å²) in [6.07, 6.45) is 0. The summed E-state index contributed by atoms with van der Waals surface area (Å²) in [5, 5.41) is 54.7. The first-order chi connectivity index (χ1) is 26.3. The van der Waals surface area contributed by atoms with Gasteiger partial charge in [0.2, 0.25) is 0 Å². The third-order valence-corrected chi connectivity index (χ3v) is 9.98. The number of hydrogen-bond acceptors (Lipinski definition) is 14.